The topological polar surface area (TPSA) is 86.0 Å². The van der Waals surface area contributed by atoms with Crippen LogP contribution in [0.5, 0.6) is 0 Å². The van der Waals surface area contributed by atoms with Gasteiger partial charge in [-0.05, 0) is 37.7 Å². The Morgan fingerprint density at radius 2 is 2.00 bits per heavy atom. The van der Waals surface area contributed by atoms with Gasteiger partial charge in [0, 0.05) is 31.0 Å². The summed E-state index contributed by atoms with van der Waals surface area (Å²) in [6.07, 6.45) is 5.54. The van der Waals surface area contributed by atoms with E-state index >= 15 is 0 Å². The highest BCUT2D eigenvalue weighted by Gasteiger charge is 2.12. The van der Waals surface area contributed by atoms with Crippen molar-refractivity contribution in [1.29, 1.82) is 0 Å². The Bertz CT molecular complexity index is 1010. The van der Waals surface area contributed by atoms with Crippen LogP contribution in [0.25, 0.3) is 0 Å². The normalized spacial score (nSPS) is 10.6. The molecule has 0 aliphatic rings. The summed E-state index contributed by atoms with van der Waals surface area (Å²) in [5.41, 5.74) is 4.21. The van der Waals surface area contributed by atoms with Crippen molar-refractivity contribution in [3.63, 3.8) is 0 Å². The second-order valence-electron chi connectivity index (χ2n) is 6.48. The lowest BCUT2D eigenvalue weighted by molar-refractivity contribution is 0.0599. The van der Waals surface area contributed by atoms with E-state index < -0.39 is 0 Å². The lowest BCUT2D eigenvalue weighted by Crippen LogP contribution is -2.27. The lowest BCUT2D eigenvalue weighted by Gasteiger charge is -2.09. The van der Waals surface area contributed by atoms with Gasteiger partial charge in [0.15, 0.2) is 5.11 Å². The van der Waals surface area contributed by atoms with Gasteiger partial charge in [-0.2, -0.15) is 10.2 Å². The molecule has 0 saturated carbocycles. The fraction of sp³-hybridized carbons (Fsp3) is 0.300. The molecule has 0 amide bonds. The molecule has 2 heterocycles. The molecule has 9 heteroatoms. The minimum Gasteiger partial charge on any atom is -0.465 e. The Morgan fingerprint density at radius 3 is 2.72 bits per heavy atom. The van der Waals surface area contributed by atoms with Gasteiger partial charge in [-0.3, -0.25) is 9.36 Å². The highest BCUT2D eigenvalue weighted by molar-refractivity contribution is 7.80. The van der Waals surface area contributed by atoms with E-state index in [-0.39, 0.29) is 5.97 Å². The number of esters is 1. The quantitative estimate of drug-likeness (QED) is 0.456. The number of methoxy groups -OCH3 is 1. The van der Waals surface area contributed by atoms with E-state index in [0.717, 1.165) is 29.1 Å². The molecular weight excluding hydrogens is 388 g/mol. The summed E-state index contributed by atoms with van der Waals surface area (Å²) in [5, 5.41) is 15.6. The molecule has 0 bridgehead atoms. The molecule has 0 spiro atoms. The Labute approximate surface area is 174 Å². The van der Waals surface area contributed by atoms with Crippen LogP contribution < -0.4 is 10.6 Å². The molecular formula is C20H24N6O2S. The van der Waals surface area contributed by atoms with Crippen molar-refractivity contribution in [1.82, 2.24) is 24.9 Å². The number of nitrogens with zero attached hydrogens (tertiary/aromatic N) is 4. The molecule has 0 unspecified atom stereocenters. The zero-order valence-corrected chi connectivity index (χ0v) is 17.5. The summed E-state index contributed by atoms with van der Waals surface area (Å²) in [6, 6.07) is 7.31. The van der Waals surface area contributed by atoms with E-state index in [4.69, 9.17) is 17.0 Å². The number of aromatic nitrogens is 4. The Hall–Kier alpha value is -3.20. The number of carbonyl (C=O) groups is 1. The van der Waals surface area contributed by atoms with E-state index in [2.05, 4.69) is 27.8 Å². The average Bonchev–Trinajstić information content (AvgIpc) is 3.31. The van der Waals surface area contributed by atoms with Crippen LogP contribution in [0.3, 0.4) is 0 Å². The number of thiocarbonyl (C=S) groups is 1. The first-order valence-corrected chi connectivity index (χ1v) is 9.67. The third kappa shape index (κ3) is 5.20. The van der Waals surface area contributed by atoms with Crippen LogP contribution in [0.15, 0.2) is 42.9 Å². The maximum Gasteiger partial charge on any atom is 0.338 e. The molecule has 1 aromatic carbocycles. The monoisotopic (exact) mass is 412 g/mol. The minimum atomic E-state index is -0.363. The van der Waals surface area contributed by atoms with Gasteiger partial charge in [0.1, 0.15) is 0 Å². The van der Waals surface area contributed by atoms with E-state index in [9.17, 15) is 4.79 Å². The molecule has 152 valence electrons. The van der Waals surface area contributed by atoms with Gasteiger partial charge in [-0.15, -0.1) is 0 Å². The Balaban J connectivity index is 1.58. The van der Waals surface area contributed by atoms with Crippen molar-refractivity contribution in [2.75, 3.05) is 12.4 Å². The highest BCUT2D eigenvalue weighted by Crippen LogP contribution is 2.13. The largest absolute Gasteiger partial charge is 0.465 e. The molecule has 3 aromatic rings. The van der Waals surface area contributed by atoms with Gasteiger partial charge in [-0.1, -0.05) is 18.2 Å². The Kier molecular flexibility index (Phi) is 6.61. The van der Waals surface area contributed by atoms with Gasteiger partial charge < -0.3 is 15.4 Å². The number of hydrogen-bond donors (Lipinski definition) is 2. The highest BCUT2D eigenvalue weighted by atomic mass is 32.1. The predicted octanol–water partition coefficient (Wildman–Crippen LogP) is 2.73. The lowest BCUT2D eigenvalue weighted by atomic mass is 10.1. The summed E-state index contributed by atoms with van der Waals surface area (Å²) in [5.74, 6) is -0.363. The Morgan fingerprint density at radius 1 is 1.21 bits per heavy atom. The molecule has 3 rings (SSSR count). The van der Waals surface area contributed by atoms with Crippen molar-refractivity contribution < 1.29 is 9.53 Å². The van der Waals surface area contributed by atoms with Crippen LogP contribution in [0.4, 0.5) is 5.69 Å². The number of nitrogens with one attached hydrogen (secondary N) is 2. The summed E-state index contributed by atoms with van der Waals surface area (Å²) in [4.78, 5) is 11.9. The van der Waals surface area contributed by atoms with Crippen LogP contribution in [0.2, 0.25) is 0 Å². The van der Waals surface area contributed by atoms with Crippen LogP contribution in [-0.2, 0) is 24.4 Å². The number of ether oxygens (including phenoxy) is 1. The van der Waals surface area contributed by atoms with Crippen molar-refractivity contribution in [3.05, 3.63) is 65.2 Å². The first kappa shape index (κ1) is 20.5. The maximum absolute atomic E-state index is 11.9. The molecule has 0 aliphatic carbocycles. The number of hydrogen-bond acceptors (Lipinski definition) is 5. The van der Waals surface area contributed by atoms with Crippen molar-refractivity contribution in [2.45, 2.75) is 33.5 Å². The molecule has 0 atom stereocenters. The van der Waals surface area contributed by atoms with Crippen LogP contribution in [-0.4, -0.2) is 37.8 Å². The fourth-order valence-electron chi connectivity index (χ4n) is 2.90. The molecule has 0 fully saturated rings. The summed E-state index contributed by atoms with van der Waals surface area (Å²) in [6.45, 7) is 5.91. The standard InChI is InChI=1S/C20H24N6O2S/c1-4-25-12-16(14(2)24-25)9-21-20(29)23-17-10-22-26(13-17)11-15-7-5-6-8-18(15)19(27)28-3/h5-8,10,12-13H,4,9,11H2,1-3H3,(H2,21,23,29). The SMILES string of the molecule is CCn1cc(CNC(=S)Nc2cnn(Cc3ccccc3C(=O)OC)c2)c(C)n1. The second-order valence-corrected chi connectivity index (χ2v) is 6.89. The zero-order valence-electron chi connectivity index (χ0n) is 16.7. The molecule has 8 nitrogen and oxygen atoms in total. The molecule has 0 radical (unpaired) electrons. The second kappa shape index (κ2) is 9.33. The van der Waals surface area contributed by atoms with Crippen LogP contribution in [0, 0.1) is 6.92 Å². The van der Waals surface area contributed by atoms with Gasteiger partial charge in [0.05, 0.1) is 36.8 Å². The number of anilines is 1. The molecule has 0 aliphatic heterocycles. The number of rotatable bonds is 7. The van der Waals surface area contributed by atoms with Crippen LogP contribution >= 0.6 is 12.2 Å². The number of benzene rings is 1. The van der Waals surface area contributed by atoms with Gasteiger partial charge in [-0.25, -0.2) is 4.79 Å². The summed E-state index contributed by atoms with van der Waals surface area (Å²) in [7, 11) is 1.37. The number of carbonyl (C=O) groups excluding carboxylic acids is 1. The summed E-state index contributed by atoms with van der Waals surface area (Å²) < 4.78 is 8.48. The van der Waals surface area contributed by atoms with Crippen molar-refractivity contribution in [3.8, 4) is 0 Å². The number of aryl methyl sites for hydroxylation is 2. The first-order valence-electron chi connectivity index (χ1n) is 9.26. The predicted molar refractivity (Wildman–Crippen MR) is 115 cm³/mol. The minimum absolute atomic E-state index is 0.363. The van der Waals surface area contributed by atoms with Gasteiger partial charge in [0.25, 0.3) is 0 Å². The zero-order chi connectivity index (χ0) is 20.8. The molecule has 0 saturated heterocycles. The van der Waals surface area contributed by atoms with E-state index in [0.29, 0.717) is 23.8 Å². The third-order valence-electron chi connectivity index (χ3n) is 4.46. The smallest absolute Gasteiger partial charge is 0.338 e. The van der Waals surface area contributed by atoms with Gasteiger partial charge in [0.2, 0.25) is 0 Å². The molecule has 2 aromatic heterocycles. The van der Waals surface area contributed by atoms with E-state index in [1.807, 2.05) is 42.2 Å². The summed E-state index contributed by atoms with van der Waals surface area (Å²) >= 11 is 5.38. The van der Waals surface area contributed by atoms with E-state index in [1.165, 1.54) is 7.11 Å². The van der Waals surface area contributed by atoms with Crippen molar-refractivity contribution in [2.24, 2.45) is 0 Å². The first-order chi connectivity index (χ1) is 14.0. The van der Waals surface area contributed by atoms with Crippen molar-refractivity contribution >= 4 is 29.0 Å². The fourth-order valence-corrected chi connectivity index (χ4v) is 3.09. The van der Waals surface area contributed by atoms with E-state index in [1.54, 1.807) is 16.9 Å². The van der Waals surface area contributed by atoms with Crippen LogP contribution in [0.1, 0.15) is 34.1 Å². The average molecular weight is 413 g/mol. The maximum atomic E-state index is 11.9. The molecule has 2 N–H and O–H groups in total. The molecule has 29 heavy (non-hydrogen) atoms. The third-order valence-corrected chi connectivity index (χ3v) is 4.70. The van der Waals surface area contributed by atoms with Gasteiger partial charge >= 0.3 is 5.97 Å².